The Morgan fingerprint density at radius 3 is 2.23 bits per heavy atom. The van der Waals surface area contributed by atoms with Crippen molar-refractivity contribution in [3.05, 3.63) is 88.9 Å². The molecule has 0 aromatic heterocycles. The van der Waals surface area contributed by atoms with Crippen LogP contribution in [0.25, 0.3) is 0 Å². The van der Waals surface area contributed by atoms with Gasteiger partial charge in [-0.05, 0) is 74.2 Å². The van der Waals surface area contributed by atoms with Crippen LogP contribution in [0.1, 0.15) is 56.6 Å². The third-order valence-corrected chi connectivity index (χ3v) is 10.0. The van der Waals surface area contributed by atoms with Gasteiger partial charge in [-0.3, -0.25) is 13.9 Å². The molecule has 1 N–H and O–H groups in total. The van der Waals surface area contributed by atoms with Crippen LogP contribution < -0.4 is 14.4 Å². The van der Waals surface area contributed by atoms with E-state index in [2.05, 4.69) is 5.32 Å². The minimum absolute atomic E-state index is 0.0152. The second-order valence-corrected chi connectivity index (χ2v) is 13.2. The molecule has 0 bridgehead atoms. The van der Waals surface area contributed by atoms with Crippen molar-refractivity contribution in [2.45, 2.75) is 75.9 Å². The summed E-state index contributed by atoms with van der Waals surface area (Å²) < 4.78 is 34.4. The number of methoxy groups -OCH3 is 1. The zero-order valence-electron chi connectivity index (χ0n) is 25.0. The van der Waals surface area contributed by atoms with E-state index in [0.717, 1.165) is 42.0 Å². The number of nitrogens with zero attached hydrogens (tertiary/aromatic N) is 2. The standard InChI is InChI=1S/C33H40ClN3O5S/c1-4-31(33(39)35-26-11-6-5-7-12-26)36(22-25-10-8-9-13-30(25)34)32(38)23-37(27-16-14-24(2)15-17-27)43(40,41)29-20-18-28(42-3)19-21-29/h8-10,13-21,26,31H,4-7,11-12,22-23H2,1-3H3,(H,35,39)/t31-/m0/s1. The highest BCUT2D eigenvalue weighted by Gasteiger charge is 2.34. The van der Waals surface area contributed by atoms with E-state index in [9.17, 15) is 18.0 Å². The Hall–Kier alpha value is -3.56. The number of carbonyl (C=O) groups excluding carboxylic acids is 2. The summed E-state index contributed by atoms with van der Waals surface area (Å²) in [5.41, 5.74) is 1.95. The van der Waals surface area contributed by atoms with Crippen LogP contribution in [0.5, 0.6) is 5.75 Å². The van der Waals surface area contributed by atoms with Crippen molar-refractivity contribution in [1.29, 1.82) is 0 Å². The van der Waals surface area contributed by atoms with Gasteiger partial charge in [-0.2, -0.15) is 0 Å². The highest BCUT2D eigenvalue weighted by Crippen LogP contribution is 2.27. The number of aryl methyl sites for hydroxylation is 1. The second kappa shape index (κ2) is 14.8. The van der Waals surface area contributed by atoms with Crippen LogP contribution in [0.4, 0.5) is 5.69 Å². The number of hydrogen-bond acceptors (Lipinski definition) is 5. The molecule has 8 nitrogen and oxygen atoms in total. The topological polar surface area (TPSA) is 96.0 Å². The van der Waals surface area contributed by atoms with Crippen LogP contribution >= 0.6 is 11.6 Å². The second-order valence-electron chi connectivity index (χ2n) is 10.9. The van der Waals surface area contributed by atoms with E-state index in [0.29, 0.717) is 28.4 Å². The highest BCUT2D eigenvalue weighted by molar-refractivity contribution is 7.92. The first kappa shape index (κ1) is 32.4. The van der Waals surface area contributed by atoms with Gasteiger partial charge in [-0.25, -0.2) is 8.42 Å². The first-order valence-electron chi connectivity index (χ1n) is 14.7. The molecule has 0 spiro atoms. The first-order valence-corrected chi connectivity index (χ1v) is 16.5. The molecule has 43 heavy (non-hydrogen) atoms. The molecule has 1 aliphatic carbocycles. The fourth-order valence-corrected chi connectivity index (χ4v) is 7.00. The van der Waals surface area contributed by atoms with E-state index in [1.807, 2.05) is 19.9 Å². The summed E-state index contributed by atoms with van der Waals surface area (Å²) in [6.45, 7) is 3.30. The van der Waals surface area contributed by atoms with Gasteiger partial charge in [0.1, 0.15) is 18.3 Å². The van der Waals surface area contributed by atoms with Crippen LogP contribution in [-0.4, -0.2) is 50.9 Å². The van der Waals surface area contributed by atoms with E-state index in [1.54, 1.807) is 54.6 Å². The normalized spacial score (nSPS) is 14.5. The predicted octanol–water partition coefficient (Wildman–Crippen LogP) is 6.11. The molecular weight excluding hydrogens is 586 g/mol. The van der Waals surface area contributed by atoms with Gasteiger partial charge in [0.05, 0.1) is 17.7 Å². The molecule has 0 radical (unpaired) electrons. The maximum atomic E-state index is 14.3. The Kier molecular flexibility index (Phi) is 11.1. The largest absolute Gasteiger partial charge is 0.497 e. The Balaban J connectivity index is 1.71. The molecule has 1 saturated carbocycles. The Morgan fingerprint density at radius 2 is 1.63 bits per heavy atom. The lowest BCUT2D eigenvalue weighted by Crippen LogP contribution is -2.54. The van der Waals surface area contributed by atoms with Crippen molar-refractivity contribution in [2.75, 3.05) is 18.0 Å². The number of anilines is 1. The molecule has 2 amide bonds. The van der Waals surface area contributed by atoms with Crippen LogP contribution in [-0.2, 0) is 26.2 Å². The maximum Gasteiger partial charge on any atom is 0.264 e. The zero-order chi connectivity index (χ0) is 31.0. The van der Waals surface area contributed by atoms with E-state index in [1.165, 1.54) is 24.1 Å². The Morgan fingerprint density at radius 1 is 0.977 bits per heavy atom. The summed E-state index contributed by atoms with van der Waals surface area (Å²) in [7, 11) is -2.67. The van der Waals surface area contributed by atoms with Crippen molar-refractivity contribution in [3.8, 4) is 5.75 Å². The SMILES string of the molecule is CC[C@@H](C(=O)NC1CCCCC1)N(Cc1ccccc1Cl)C(=O)CN(c1ccc(C)cc1)S(=O)(=O)c1ccc(OC)cc1. The number of rotatable bonds is 12. The van der Waals surface area contributed by atoms with E-state index in [-0.39, 0.29) is 23.4 Å². The lowest BCUT2D eigenvalue weighted by atomic mass is 9.95. The lowest BCUT2D eigenvalue weighted by Gasteiger charge is -2.34. The molecule has 3 aromatic rings. The van der Waals surface area contributed by atoms with Gasteiger partial charge in [0.25, 0.3) is 10.0 Å². The molecule has 10 heteroatoms. The number of halogens is 1. The predicted molar refractivity (Wildman–Crippen MR) is 170 cm³/mol. The molecule has 1 aliphatic rings. The van der Waals surface area contributed by atoms with Crippen LogP contribution in [0, 0.1) is 6.92 Å². The molecule has 3 aromatic carbocycles. The fourth-order valence-electron chi connectivity index (χ4n) is 5.39. The third kappa shape index (κ3) is 8.09. The number of nitrogens with one attached hydrogen (secondary N) is 1. The first-order chi connectivity index (χ1) is 20.6. The molecule has 1 fully saturated rings. The summed E-state index contributed by atoms with van der Waals surface area (Å²) in [6.07, 6.45) is 5.42. The molecule has 0 unspecified atom stereocenters. The van der Waals surface area contributed by atoms with Gasteiger partial charge < -0.3 is 15.0 Å². The van der Waals surface area contributed by atoms with E-state index >= 15 is 0 Å². The number of ether oxygens (including phenoxy) is 1. The van der Waals surface area contributed by atoms with Gasteiger partial charge in [0, 0.05) is 17.6 Å². The summed E-state index contributed by atoms with van der Waals surface area (Å²) >= 11 is 6.49. The van der Waals surface area contributed by atoms with Gasteiger partial charge in [0.15, 0.2) is 0 Å². The van der Waals surface area contributed by atoms with Crippen molar-refractivity contribution in [1.82, 2.24) is 10.2 Å². The summed E-state index contributed by atoms with van der Waals surface area (Å²) in [5, 5.41) is 3.62. The van der Waals surface area contributed by atoms with Crippen LogP contribution in [0.2, 0.25) is 5.02 Å². The number of carbonyl (C=O) groups is 2. The van der Waals surface area contributed by atoms with E-state index < -0.39 is 28.5 Å². The molecular formula is C33H40ClN3O5S. The summed E-state index contributed by atoms with van der Waals surface area (Å²) in [6, 6.07) is 19.4. The Bertz CT molecular complexity index is 1490. The fraction of sp³-hybridized carbons (Fsp3) is 0.394. The van der Waals surface area contributed by atoms with E-state index in [4.69, 9.17) is 16.3 Å². The number of benzene rings is 3. The number of hydrogen-bond donors (Lipinski definition) is 1. The van der Waals surface area contributed by atoms with Gasteiger partial charge in [-0.15, -0.1) is 0 Å². The molecule has 0 heterocycles. The van der Waals surface area contributed by atoms with Crippen molar-refractivity contribution < 1.29 is 22.7 Å². The number of sulfonamides is 1. The van der Waals surface area contributed by atoms with Gasteiger partial charge in [0.2, 0.25) is 11.8 Å². The minimum atomic E-state index is -4.17. The smallest absolute Gasteiger partial charge is 0.264 e. The maximum absolute atomic E-state index is 14.3. The zero-order valence-corrected chi connectivity index (χ0v) is 26.5. The minimum Gasteiger partial charge on any atom is -0.497 e. The average Bonchev–Trinajstić information content (AvgIpc) is 3.01. The van der Waals surface area contributed by atoms with Crippen LogP contribution in [0.3, 0.4) is 0 Å². The molecule has 4 rings (SSSR count). The lowest BCUT2D eigenvalue weighted by molar-refractivity contribution is -0.140. The molecule has 1 atom stereocenters. The third-order valence-electron chi connectivity index (χ3n) is 7.88. The molecule has 230 valence electrons. The van der Waals surface area contributed by atoms with Crippen molar-refractivity contribution >= 4 is 39.1 Å². The van der Waals surface area contributed by atoms with Gasteiger partial charge in [-0.1, -0.05) is 73.7 Å². The quantitative estimate of drug-likeness (QED) is 0.262. The van der Waals surface area contributed by atoms with Crippen LogP contribution in [0.15, 0.2) is 77.7 Å². The molecule has 0 aliphatic heterocycles. The Labute approximate surface area is 260 Å². The average molecular weight is 626 g/mol. The van der Waals surface area contributed by atoms with Crippen molar-refractivity contribution in [2.24, 2.45) is 0 Å². The number of amides is 2. The van der Waals surface area contributed by atoms with Crippen molar-refractivity contribution in [3.63, 3.8) is 0 Å². The highest BCUT2D eigenvalue weighted by atomic mass is 35.5. The molecule has 0 saturated heterocycles. The monoisotopic (exact) mass is 625 g/mol. The summed E-state index contributed by atoms with van der Waals surface area (Å²) in [5.74, 6) is -0.240. The summed E-state index contributed by atoms with van der Waals surface area (Å²) in [4.78, 5) is 29.4. The van der Waals surface area contributed by atoms with Gasteiger partial charge >= 0.3 is 0 Å².